The maximum atomic E-state index is 13.4. The Morgan fingerprint density at radius 3 is 1.95 bits per heavy atom. The van der Waals surface area contributed by atoms with Gasteiger partial charge in [0.15, 0.2) is 0 Å². The van der Waals surface area contributed by atoms with Gasteiger partial charge in [0.05, 0.1) is 57.8 Å². The van der Waals surface area contributed by atoms with Crippen LogP contribution in [0, 0.1) is 28.4 Å². The molecule has 0 radical (unpaired) electrons. The predicted octanol–water partition coefficient (Wildman–Crippen LogP) is 2.04. The molecule has 0 aliphatic carbocycles. The van der Waals surface area contributed by atoms with E-state index in [2.05, 4.69) is 27.2 Å². The first-order valence-corrected chi connectivity index (χ1v) is 18.3. The number of nitro benzene ring substituents is 1. The molecule has 5 amide bonds. The molecule has 2 aromatic carbocycles. The summed E-state index contributed by atoms with van der Waals surface area (Å²) < 4.78 is 36.7. The average molecular weight is 817 g/mol. The van der Waals surface area contributed by atoms with E-state index in [0.717, 1.165) is 0 Å². The number of amides is 5. The summed E-state index contributed by atoms with van der Waals surface area (Å²) in [6, 6.07) is 8.37. The lowest BCUT2D eigenvalue weighted by Gasteiger charge is -2.25. The van der Waals surface area contributed by atoms with E-state index in [1.165, 1.54) is 24.3 Å². The standard InChI is InChI=1S/C38H52N6O14/c1-4-16-52-17-18-53-19-20-54-21-22-55-23-24-56-26-33(45)43-34(27(2)3)36(47)42-32(6-5-15-40-37(39)48)35(46)41-29-9-7-28(8-10-29)25-57-38(49)58-31-13-11-30(12-14-31)44(50)51/h1,7-14,27,32,34H,5-6,15-26H2,2-3H3,(H,41,46)(H,42,47)(H,43,45)(H3,39,40,48)/t32?,34-/m1/s1. The highest BCUT2D eigenvalue weighted by Crippen LogP contribution is 2.18. The minimum atomic E-state index is -1.07. The van der Waals surface area contributed by atoms with Crippen LogP contribution in [0.3, 0.4) is 0 Å². The number of anilines is 1. The number of terminal acetylenes is 1. The lowest BCUT2D eigenvalue weighted by molar-refractivity contribution is -0.384. The molecule has 20 nitrogen and oxygen atoms in total. The number of carbonyl (C=O) groups excluding carboxylic acids is 5. The first-order valence-electron chi connectivity index (χ1n) is 18.3. The summed E-state index contributed by atoms with van der Waals surface area (Å²) >= 11 is 0. The maximum absolute atomic E-state index is 13.4. The van der Waals surface area contributed by atoms with Gasteiger partial charge < -0.3 is 60.2 Å². The van der Waals surface area contributed by atoms with Crippen molar-refractivity contribution in [3.05, 3.63) is 64.2 Å². The van der Waals surface area contributed by atoms with Gasteiger partial charge in [-0.3, -0.25) is 24.5 Å². The van der Waals surface area contributed by atoms with Crippen molar-refractivity contribution in [2.75, 3.05) is 77.9 Å². The van der Waals surface area contributed by atoms with E-state index in [1.807, 2.05) is 0 Å². The monoisotopic (exact) mass is 816 g/mol. The fourth-order valence-corrected chi connectivity index (χ4v) is 4.69. The Balaban J connectivity index is 1.81. The minimum Gasteiger partial charge on any atom is -0.429 e. The quantitative estimate of drug-likeness (QED) is 0.0197. The predicted molar refractivity (Wildman–Crippen MR) is 207 cm³/mol. The number of rotatable bonds is 29. The van der Waals surface area contributed by atoms with Crippen LogP contribution >= 0.6 is 0 Å². The van der Waals surface area contributed by atoms with Gasteiger partial charge in [0.25, 0.3) is 5.69 Å². The first-order chi connectivity index (χ1) is 27.9. The molecule has 1 unspecified atom stereocenters. The number of urea groups is 1. The zero-order chi connectivity index (χ0) is 42.5. The van der Waals surface area contributed by atoms with Gasteiger partial charge in [0.1, 0.15) is 37.7 Å². The number of nitro groups is 1. The van der Waals surface area contributed by atoms with E-state index < -0.39 is 46.9 Å². The summed E-state index contributed by atoms with van der Waals surface area (Å²) in [5, 5.41) is 21.3. The number of primary amides is 1. The van der Waals surface area contributed by atoms with Gasteiger partial charge in [-0.25, -0.2) is 9.59 Å². The molecule has 0 aromatic heterocycles. The van der Waals surface area contributed by atoms with Crippen molar-refractivity contribution in [2.45, 2.75) is 45.4 Å². The van der Waals surface area contributed by atoms with Crippen LogP contribution in [0.1, 0.15) is 32.3 Å². The number of carbonyl (C=O) groups is 5. The molecular formula is C38H52N6O14. The largest absolute Gasteiger partial charge is 0.514 e. The van der Waals surface area contributed by atoms with Gasteiger partial charge in [-0.15, -0.1) is 6.42 Å². The number of hydrogen-bond acceptors (Lipinski definition) is 14. The summed E-state index contributed by atoms with van der Waals surface area (Å²) in [4.78, 5) is 72.9. The van der Waals surface area contributed by atoms with E-state index in [1.54, 1.807) is 38.1 Å². The second-order valence-corrected chi connectivity index (χ2v) is 12.5. The van der Waals surface area contributed by atoms with E-state index in [4.69, 9.17) is 45.3 Å². The Labute approximate surface area is 336 Å². The van der Waals surface area contributed by atoms with Crippen LogP contribution in [0.25, 0.3) is 0 Å². The molecule has 0 heterocycles. The van der Waals surface area contributed by atoms with Crippen molar-refractivity contribution in [3.63, 3.8) is 0 Å². The highest BCUT2D eigenvalue weighted by Gasteiger charge is 2.29. The number of nitrogens with one attached hydrogen (secondary N) is 4. The number of benzene rings is 2. The molecular weight excluding hydrogens is 764 g/mol. The molecule has 6 N–H and O–H groups in total. The lowest BCUT2D eigenvalue weighted by Crippen LogP contribution is -2.55. The number of ether oxygens (including phenoxy) is 7. The summed E-state index contributed by atoms with van der Waals surface area (Å²) in [6.45, 7) is 5.98. The Hall–Kier alpha value is -5.85. The van der Waals surface area contributed by atoms with Crippen molar-refractivity contribution in [2.24, 2.45) is 11.7 Å². The van der Waals surface area contributed by atoms with Crippen molar-refractivity contribution >= 4 is 41.3 Å². The molecule has 2 aromatic rings. The highest BCUT2D eigenvalue weighted by molar-refractivity contribution is 5.98. The highest BCUT2D eigenvalue weighted by atomic mass is 16.7. The lowest BCUT2D eigenvalue weighted by atomic mass is 10.0. The summed E-state index contributed by atoms with van der Waals surface area (Å²) in [5.74, 6) is 0.349. The molecule has 2 atom stereocenters. The number of hydrogen-bond donors (Lipinski definition) is 5. The number of non-ortho nitro benzene ring substituents is 1. The molecule has 0 aliphatic rings. The van der Waals surface area contributed by atoms with Crippen LogP contribution in [-0.2, 0) is 49.4 Å². The molecule has 0 aliphatic heterocycles. The van der Waals surface area contributed by atoms with Crippen LogP contribution in [0.15, 0.2) is 48.5 Å². The molecule has 58 heavy (non-hydrogen) atoms. The van der Waals surface area contributed by atoms with E-state index in [9.17, 15) is 34.1 Å². The van der Waals surface area contributed by atoms with Crippen LogP contribution < -0.4 is 31.7 Å². The zero-order valence-corrected chi connectivity index (χ0v) is 32.6. The molecule has 0 saturated carbocycles. The second kappa shape index (κ2) is 28.5. The Bertz CT molecular complexity index is 1620. The zero-order valence-electron chi connectivity index (χ0n) is 32.6. The Kier molecular flexibility index (Phi) is 23.8. The summed E-state index contributed by atoms with van der Waals surface area (Å²) in [6.07, 6.45) is 4.46. The fraction of sp³-hybridized carbons (Fsp3) is 0.500. The topological polar surface area (TPSA) is 267 Å². The maximum Gasteiger partial charge on any atom is 0.514 e. The van der Waals surface area contributed by atoms with Crippen LogP contribution in [0.5, 0.6) is 5.75 Å². The van der Waals surface area contributed by atoms with Gasteiger partial charge in [-0.1, -0.05) is 31.9 Å². The third-order valence-corrected chi connectivity index (χ3v) is 7.60. The van der Waals surface area contributed by atoms with Gasteiger partial charge in [0.2, 0.25) is 17.7 Å². The van der Waals surface area contributed by atoms with E-state index in [0.29, 0.717) is 50.9 Å². The first kappa shape index (κ1) is 48.3. The third kappa shape index (κ3) is 21.5. The van der Waals surface area contributed by atoms with Crippen molar-refractivity contribution in [1.82, 2.24) is 16.0 Å². The van der Waals surface area contributed by atoms with E-state index in [-0.39, 0.29) is 69.8 Å². The van der Waals surface area contributed by atoms with Gasteiger partial charge in [-0.05, 0) is 48.6 Å². The molecule has 20 heteroatoms. The molecule has 0 saturated heterocycles. The van der Waals surface area contributed by atoms with Gasteiger partial charge in [-0.2, -0.15) is 0 Å². The summed E-state index contributed by atoms with van der Waals surface area (Å²) in [7, 11) is 0. The van der Waals surface area contributed by atoms with Crippen molar-refractivity contribution in [3.8, 4) is 18.1 Å². The molecule has 318 valence electrons. The normalized spacial score (nSPS) is 11.8. The van der Waals surface area contributed by atoms with Gasteiger partial charge in [0, 0.05) is 24.4 Å². The van der Waals surface area contributed by atoms with Crippen molar-refractivity contribution in [1.29, 1.82) is 0 Å². The van der Waals surface area contributed by atoms with Crippen LogP contribution in [0.4, 0.5) is 21.0 Å². The Morgan fingerprint density at radius 1 is 0.810 bits per heavy atom. The smallest absolute Gasteiger partial charge is 0.429 e. The minimum absolute atomic E-state index is 0.0615. The average Bonchev–Trinajstić information content (AvgIpc) is 3.19. The number of nitrogens with zero attached hydrogens (tertiary/aromatic N) is 1. The number of nitrogens with two attached hydrogens (primary N) is 1. The molecule has 0 spiro atoms. The molecule has 2 rings (SSSR count). The summed E-state index contributed by atoms with van der Waals surface area (Å²) in [5.41, 5.74) is 5.90. The van der Waals surface area contributed by atoms with E-state index >= 15 is 0 Å². The molecule has 0 bridgehead atoms. The second-order valence-electron chi connectivity index (χ2n) is 12.5. The third-order valence-electron chi connectivity index (χ3n) is 7.60. The molecule has 0 fully saturated rings. The fourth-order valence-electron chi connectivity index (χ4n) is 4.69. The van der Waals surface area contributed by atoms with Gasteiger partial charge >= 0.3 is 12.2 Å². The SMILES string of the molecule is C#CCOCCOCCOCCOCCOCC(=O)N[C@@H](C(=O)NC(CCCNC(N)=O)C(=O)Nc1ccc(COC(=O)Oc2ccc([N+](=O)[O-])cc2)cc1)C(C)C. The van der Waals surface area contributed by atoms with Crippen LogP contribution in [0.2, 0.25) is 0 Å². The van der Waals surface area contributed by atoms with Crippen molar-refractivity contribution < 1.29 is 62.1 Å². The Morgan fingerprint density at radius 2 is 1.40 bits per heavy atom. The van der Waals surface area contributed by atoms with Crippen LogP contribution in [-0.4, -0.2) is 120 Å².